The Morgan fingerprint density at radius 1 is 1.26 bits per heavy atom. The van der Waals surface area contributed by atoms with Crippen LogP contribution in [-0.4, -0.2) is 53.1 Å². The highest BCUT2D eigenvalue weighted by molar-refractivity contribution is 5.93. The van der Waals surface area contributed by atoms with Crippen molar-refractivity contribution in [2.75, 3.05) is 26.2 Å². The van der Waals surface area contributed by atoms with Gasteiger partial charge in [-0.1, -0.05) is 0 Å². The number of rotatable bonds is 5. The summed E-state index contributed by atoms with van der Waals surface area (Å²) in [6, 6.07) is 0. The van der Waals surface area contributed by atoms with Crippen molar-refractivity contribution in [2.45, 2.75) is 31.4 Å². The second-order valence-electron chi connectivity index (χ2n) is 6.32. The number of amides is 1. The van der Waals surface area contributed by atoms with Crippen LogP contribution in [0.2, 0.25) is 0 Å². The van der Waals surface area contributed by atoms with E-state index in [2.05, 4.69) is 15.3 Å². The first-order chi connectivity index (χ1) is 10.9. The topological polar surface area (TPSA) is 58.1 Å². The molecule has 2 aliphatic rings. The number of likely N-dealkylation sites (tertiary alicyclic amines) is 1. The molecule has 0 radical (unpaired) electrons. The predicted octanol–water partition coefficient (Wildman–Crippen LogP) is 1.97. The fourth-order valence-corrected chi connectivity index (χ4v) is 2.82. The van der Waals surface area contributed by atoms with E-state index in [1.807, 2.05) is 0 Å². The van der Waals surface area contributed by atoms with Crippen LogP contribution in [0.3, 0.4) is 0 Å². The van der Waals surface area contributed by atoms with Crippen molar-refractivity contribution in [2.24, 2.45) is 5.92 Å². The van der Waals surface area contributed by atoms with E-state index in [4.69, 9.17) is 0 Å². The summed E-state index contributed by atoms with van der Waals surface area (Å²) in [7, 11) is 0. The summed E-state index contributed by atoms with van der Waals surface area (Å²) < 4.78 is 37.0. The minimum absolute atomic E-state index is 0.0490. The molecule has 1 aliphatic carbocycles. The number of aromatic nitrogens is 2. The number of halogens is 3. The second-order valence-corrected chi connectivity index (χ2v) is 6.32. The van der Waals surface area contributed by atoms with Crippen LogP contribution in [0.5, 0.6) is 0 Å². The molecular formula is C15H19F3N4O. The third-order valence-electron chi connectivity index (χ3n) is 4.20. The van der Waals surface area contributed by atoms with Crippen LogP contribution in [0.15, 0.2) is 12.4 Å². The van der Waals surface area contributed by atoms with Crippen LogP contribution in [0.25, 0.3) is 0 Å². The smallest absolute Gasteiger partial charge is 0.352 e. The lowest BCUT2D eigenvalue weighted by molar-refractivity contribution is -0.143. The molecule has 2 heterocycles. The third-order valence-corrected chi connectivity index (χ3v) is 4.20. The molecule has 1 saturated carbocycles. The maximum absolute atomic E-state index is 12.3. The van der Waals surface area contributed by atoms with Gasteiger partial charge < -0.3 is 5.32 Å². The molecule has 0 spiro atoms. The van der Waals surface area contributed by atoms with Crippen LogP contribution in [0.1, 0.15) is 41.4 Å². The summed E-state index contributed by atoms with van der Waals surface area (Å²) in [5, 5.41) is 2.76. The Hall–Kier alpha value is -1.70. The third kappa shape index (κ3) is 4.63. The average Bonchev–Trinajstić information content (AvgIpc) is 3.25. The minimum Gasteiger partial charge on any atom is -0.352 e. The molecule has 1 aliphatic heterocycles. The number of hydrogen-bond acceptors (Lipinski definition) is 4. The molecule has 0 aromatic carbocycles. The van der Waals surface area contributed by atoms with E-state index >= 15 is 0 Å². The number of carbonyl (C=O) groups excluding carboxylic acids is 1. The maximum atomic E-state index is 12.3. The molecule has 1 unspecified atom stereocenters. The predicted molar refractivity (Wildman–Crippen MR) is 76.9 cm³/mol. The summed E-state index contributed by atoms with van der Waals surface area (Å²) in [5.41, 5.74) is 0.388. The molecule has 1 amide bonds. The van der Waals surface area contributed by atoms with Gasteiger partial charge in [-0.05, 0) is 31.7 Å². The number of alkyl halides is 3. The summed E-state index contributed by atoms with van der Waals surface area (Å²) in [4.78, 5) is 21.8. The average molecular weight is 328 g/mol. The SMILES string of the molecule is O=C(NCC1CCN(CC(F)(F)F)C1)c1cnc(C2CC2)nc1. The lowest BCUT2D eigenvalue weighted by atomic mass is 10.1. The van der Waals surface area contributed by atoms with Gasteiger partial charge in [0.2, 0.25) is 0 Å². The van der Waals surface area contributed by atoms with Crippen LogP contribution < -0.4 is 5.32 Å². The zero-order valence-electron chi connectivity index (χ0n) is 12.6. The zero-order chi connectivity index (χ0) is 16.4. The Morgan fingerprint density at radius 2 is 1.96 bits per heavy atom. The lowest BCUT2D eigenvalue weighted by Gasteiger charge is -2.18. The number of hydrogen-bond donors (Lipinski definition) is 1. The molecule has 1 aromatic heterocycles. The lowest BCUT2D eigenvalue weighted by Crippen LogP contribution is -2.34. The molecule has 126 valence electrons. The fraction of sp³-hybridized carbons (Fsp3) is 0.667. The van der Waals surface area contributed by atoms with Gasteiger partial charge in [-0.25, -0.2) is 9.97 Å². The van der Waals surface area contributed by atoms with E-state index in [9.17, 15) is 18.0 Å². The Balaban J connectivity index is 1.44. The van der Waals surface area contributed by atoms with Crippen molar-refractivity contribution in [3.63, 3.8) is 0 Å². The Bertz CT molecular complexity index is 557. The Morgan fingerprint density at radius 3 is 2.57 bits per heavy atom. The van der Waals surface area contributed by atoms with E-state index in [-0.39, 0.29) is 11.8 Å². The van der Waals surface area contributed by atoms with E-state index in [0.717, 1.165) is 18.7 Å². The molecule has 0 bridgehead atoms. The van der Waals surface area contributed by atoms with Crippen molar-refractivity contribution < 1.29 is 18.0 Å². The normalized spacial score (nSPS) is 22.3. The second kappa shape index (κ2) is 6.43. The Kier molecular flexibility index (Phi) is 4.52. The van der Waals surface area contributed by atoms with Gasteiger partial charge in [-0.2, -0.15) is 13.2 Å². The van der Waals surface area contributed by atoms with E-state index < -0.39 is 12.7 Å². The standard InChI is InChI=1S/C15H19F3N4O/c16-15(17,18)9-22-4-3-10(8-22)5-21-14(23)12-6-19-13(20-7-12)11-1-2-11/h6-7,10-11H,1-5,8-9H2,(H,21,23). The molecule has 1 saturated heterocycles. The van der Waals surface area contributed by atoms with Crippen molar-refractivity contribution in [1.82, 2.24) is 20.2 Å². The molecular weight excluding hydrogens is 309 g/mol. The van der Waals surface area contributed by atoms with Gasteiger partial charge in [-0.15, -0.1) is 0 Å². The zero-order valence-corrected chi connectivity index (χ0v) is 12.6. The molecule has 2 fully saturated rings. The first-order valence-corrected chi connectivity index (χ1v) is 7.80. The molecule has 23 heavy (non-hydrogen) atoms. The Labute approximate surface area is 132 Å². The molecule has 5 nitrogen and oxygen atoms in total. The fourth-order valence-electron chi connectivity index (χ4n) is 2.82. The summed E-state index contributed by atoms with van der Waals surface area (Å²) in [6.07, 6.45) is 1.72. The molecule has 1 aromatic rings. The maximum Gasteiger partial charge on any atom is 0.401 e. The first kappa shape index (κ1) is 16.2. The van der Waals surface area contributed by atoms with E-state index in [1.165, 1.54) is 17.3 Å². The largest absolute Gasteiger partial charge is 0.401 e. The highest BCUT2D eigenvalue weighted by Gasteiger charge is 2.34. The van der Waals surface area contributed by atoms with E-state index in [1.54, 1.807) is 0 Å². The van der Waals surface area contributed by atoms with Crippen molar-refractivity contribution >= 4 is 5.91 Å². The van der Waals surface area contributed by atoms with Crippen LogP contribution in [-0.2, 0) is 0 Å². The van der Waals surface area contributed by atoms with Crippen LogP contribution >= 0.6 is 0 Å². The monoisotopic (exact) mass is 328 g/mol. The van der Waals surface area contributed by atoms with Crippen molar-refractivity contribution in [3.8, 4) is 0 Å². The molecule has 1 N–H and O–H groups in total. The van der Waals surface area contributed by atoms with Crippen LogP contribution in [0.4, 0.5) is 13.2 Å². The molecule has 8 heteroatoms. The quantitative estimate of drug-likeness (QED) is 0.898. The van der Waals surface area contributed by atoms with Crippen molar-refractivity contribution in [1.29, 1.82) is 0 Å². The van der Waals surface area contributed by atoms with Gasteiger partial charge in [-0.3, -0.25) is 9.69 Å². The molecule has 3 rings (SSSR count). The van der Waals surface area contributed by atoms with E-state index in [0.29, 0.717) is 37.5 Å². The number of nitrogens with one attached hydrogen (secondary N) is 1. The number of nitrogens with zero attached hydrogens (tertiary/aromatic N) is 3. The van der Waals surface area contributed by atoms with Gasteiger partial charge in [0.15, 0.2) is 0 Å². The van der Waals surface area contributed by atoms with Gasteiger partial charge in [0, 0.05) is 31.4 Å². The van der Waals surface area contributed by atoms with Crippen LogP contribution in [0, 0.1) is 5.92 Å². The highest BCUT2D eigenvalue weighted by Crippen LogP contribution is 2.37. The number of carbonyl (C=O) groups is 1. The van der Waals surface area contributed by atoms with Gasteiger partial charge in [0.05, 0.1) is 12.1 Å². The van der Waals surface area contributed by atoms with Crippen molar-refractivity contribution in [3.05, 3.63) is 23.8 Å². The summed E-state index contributed by atoms with van der Waals surface area (Å²) in [5.74, 6) is 0.986. The summed E-state index contributed by atoms with van der Waals surface area (Å²) in [6.45, 7) is 0.266. The van der Waals surface area contributed by atoms with Gasteiger partial charge in [0.1, 0.15) is 5.82 Å². The minimum atomic E-state index is -4.17. The summed E-state index contributed by atoms with van der Waals surface area (Å²) >= 11 is 0. The van der Waals surface area contributed by atoms with Gasteiger partial charge in [0.25, 0.3) is 5.91 Å². The first-order valence-electron chi connectivity index (χ1n) is 7.80. The molecule has 1 atom stereocenters. The van der Waals surface area contributed by atoms with Gasteiger partial charge >= 0.3 is 6.18 Å². The highest BCUT2D eigenvalue weighted by atomic mass is 19.4.